The van der Waals surface area contributed by atoms with E-state index in [0.29, 0.717) is 0 Å². The van der Waals surface area contributed by atoms with Crippen LogP contribution in [0.3, 0.4) is 0 Å². The minimum atomic E-state index is -0.695. The Hall–Kier alpha value is -2.59. The zero-order valence-electron chi connectivity index (χ0n) is 15.8. The third-order valence-electron chi connectivity index (χ3n) is 4.67. The Morgan fingerprint density at radius 1 is 1.00 bits per heavy atom. The van der Waals surface area contributed by atoms with E-state index >= 15 is 0 Å². The molecule has 0 amide bonds. The van der Waals surface area contributed by atoms with Crippen LogP contribution in [0.5, 0.6) is 0 Å². The molecule has 0 aromatic heterocycles. The molecule has 3 rings (SSSR count). The lowest BCUT2D eigenvalue weighted by molar-refractivity contribution is 0.306. The Balaban J connectivity index is 1.71. The molecule has 0 fully saturated rings. The largest absolute Gasteiger partial charge is 0.354 e. The van der Waals surface area contributed by atoms with E-state index in [0.717, 1.165) is 24.4 Å². The number of hydrogen-bond donors (Lipinski definition) is 3. The van der Waals surface area contributed by atoms with Crippen LogP contribution in [-0.4, -0.2) is 11.6 Å². The standard InChI is InChI=1S/C22H28N4/c1-16-9-11-19(12-10-16)13-14-22(23)25-17(2)15-21(26-22)24-18(3)20-7-5-4-6-8-20/h4-12,15,18,25H,13-14,23H2,1-3H3,(H,24,26)/t18-,22?/m0/s1. The third-order valence-corrected chi connectivity index (χ3v) is 4.67. The zero-order chi connectivity index (χ0) is 18.6. The van der Waals surface area contributed by atoms with Gasteiger partial charge in [0.2, 0.25) is 0 Å². The van der Waals surface area contributed by atoms with Crippen molar-refractivity contribution in [3.63, 3.8) is 0 Å². The van der Waals surface area contributed by atoms with Crippen LogP contribution in [0.15, 0.2) is 71.4 Å². The number of allylic oxidation sites excluding steroid dienone is 1. The molecule has 136 valence electrons. The van der Waals surface area contributed by atoms with Gasteiger partial charge < -0.3 is 10.6 Å². The number of nitrogens with zero attached hydrogens (tertiary/aromatic N) is 1. The van der Waals surface area contributed by atoms with E-state index in [4.69, 9.17) is 10.7 Å². The molecule has 4 N–H and O–H groups in total. The first-order valence-corrected chi connectivity index (χ1v) is 9.15. The van der Waals surface area contributed by atoms with Crippen LogP contribution in [-0.2, 0) is 6.42 Å². The molecule has 0 spiro atoms. The van der Waals surface area contributed by atoms with Gasteiger partial charge in [-0.1, -0.05) is 60.2 Å². The van der Waals surface area contributed by atoms with Crippen molar-refractivity contribution in [3.05, 3.63) is 83.1 Å². The first-order valence-electron chi connectivity index (χ1n) is 9.15. The second kappa shape index (κ2) is 7.75. The third kappa shape index (κ3) is 4.73. The number of aryl methyl sites for hydroxylation is 2. The van der Waals surface area contributed by atoms with Crippen LogP contribution >= 0.6 is 0 Å². The van der Waals surface area contributed by atoms with Gasteiger partial charge in [-0.25, -0.2) is 0 Å². The lowest BCUT2D eigenvalue weighted by atomic mass is 10.0. The fourth-order valence-corrected chi connectivity index (χ4v) is 3.19. The molecule has 2 aromatic rings. The van der Waals surface area contributed by atoms with Gasteiger partial charge in [-0.15, -0.1) is 0 Å². The van der Waals surface area contributed by atoms with Crippen LogP contribution < -0.4 is 16.4 Å². The number of amidine groups is 1. The highest BCUT2D eigenvalue weighted by Gasteiger charge is 2.28. The van der Waals surface area contributed by atoms with Gasteiger partial charge in [0.1, 0.15) is 5.84 Å². The average Bonchev–Trinajstić information content (AvgIpc) is 2.61. The molecule has 26 heavy (non-hydrogen) atoms. The SMILES string of the molecule is CC1=CC(=N[C@@H](C)c2ccccc2)NC(N)(CCc2ccc(C)cc2)N1. The lowest BCUT2D eigenvalue weighted by Crippen LogP contribution is -2.67. The average molecular weight is 348 g/mol. The molecule has 2 aromatic carbocycles. The number of rotatable bonds is 5. The quantitative estimate of drug-likeness (QED) is 0.770. The Kier molecular flexibility index (Phi) is 5.43. The van der Waals surface area contributed by atoms with Crippen molar-refractivity contribution in [2.45, 2.75) is 45.4 Å². The van der Waals surface area contributed by atoms with Crippen LogP contribution in [0, 0.1) is 6.92 Å². The van der Waals surface area contributed by atoms with E-state index < -0.39 is 5.79 Å². The van der Waals surface area contributed by atoms with Crippen molar-refractivity contribution in [1.82, 2.24) is 10.6 Å². The van der Waals surface area contributed by atoms with Gasteiger partial charge in [0.05, 0.1) is 6.04 Å². The monoisotopic (exact) mass is 348 g/mol. The van der Waals surface area contributed by atoms with E-state index in [1.807, 2.05) is 31.2 Å². The van der Waals surface area contributed by atoms with Crippen LogP contribution in [0.25, 0.3) is 0 Å². The van der Waals surface area contributed by atoms with Gasteiger partial charge >= 0.3 is 0 Å². The summed E-state index contributed by atoms with van der Waals surface area (Å²) in [7, 11) is 0. The predicted octanol–water partition coefficient (Wildman–Crippen LogP) is 3.80. The van der Waals surface area contributed by atoms with E-state index in [2.05, 4.69) is 60.9 Å². The molecule has 0 aliphatic carbocycles. The predicted molar refractivity (Wildman–Crippen MR) is 109 cm³/mol. The molecule has 1 heterocycles. The summed E-state index contributed by atoms with van der Waals surface area (Å²) < 4.78 is 0. The second-order valence-corrected chi connectivity index (χ2v) is 7.14. The molecule has 0 bridgehead atoms. The second-order valence-electron chi connectivity index (χ2n) is 7.14. The number of nitrogens with one attached hydrogen (secondary N) is 2. The topological polar surface area (TPSA) is 62.4 Å². The highest BCUT2D eigenvalue weighted by molar-refractivity contribution is 5.95. The van der Waals surface area contributed by atoms with Gasteiger partial charge in [-0.05, 0) is 44.4 Å². The smallest absolute Gasteiger partial charge is 0.162 e. The summed E-state index contributed by atoms with van der Waals surface area (Å²) in [6.07, 6.45) is 3.67. The van der Waals surface area contributed by atoms with Crippen molar-refractivity contribution >= 4 is 5.84 Å². The Bertz CT molecular complexity index is 793. The van der Waals surface area contributed by atoms with Gasteiger partial charge in [0.15, 0.2) is 5.79 Å². The molecule has 1 aliphatic rings. The maximum Gasteiger partial charge on any atom is 0.162 e. The van der Waals surface area contributed by atoms with Gasteiger partial charge in [0, 0.05) is 12.1 Å². The molecule has 2 atom stereocenters. The molecule has 4 heteroatoms. The summed E-state index contributed by atoms with van der Waals surface area (Å²) >= 11 is 0. The first kappa shape index (κ1) is 18.2. The Morgan fingerprint density at radius 3 is 2.38 bits per heavy atom. The Labute approximate surface area is 156 Å². The first-order chi connectivity index (χ1) is 12.4. The molecule has 0 radical (unpaired) electrons. The summed E-state index contributed by atoms with van der Waals surface area (Å²) in [5.41, 5.74) is 11.4. The number of hydrogen-bond acceptors (Lipinski definition) is 3. The van der Waals surface area contributed by atoms with Gasteiger partial charge in [-0.3, -0.25) is 10.7 Å². The van der Waals surface area contributed by atoms with Gasteiger partial charge in [-0.2, -0.15) is 0 Å². The van der Waals surface area contributed by atoms with E-state index in [-0.39, 0.29) is 6.04 Å². The number of benzene rings is 2. The summed E-state index contributed by atoms with van der Waals surface area (Å²) in [6, 6.07) is 19.0. The van der Waals surface area contributed by atoms with Crippen LogP contribution in [0.2, 0.25) is 0 Å². The maximum absolute atomic E-state index is 6.59. The Morgan fingerprint density at radius 2 is 1.69 bits per heavy atom. The zero-order valence-corrected chi connectivity index (χ0v) is 15.8. The van der Waals surface area contributed by atoms with E-state index in [1.165, 1.54) is 16.7 Å². The van der Waals surface area contributed by atoms with Crippen molar-refractivity contribution in [2.24, 2.45) is 10.7 Å². The molecular weight excluding hydrogens is 320 g/mol. The van der Waals surface area contributed by atoms with Crippen molar-refractivity contribution in [2.75, 3.05) is 0 Å². The molecule has 1 aliphatic heterocycles. The number of aliphatic imine (C=N–C) groups is 1. The number of nitrogens with two attached hydrogens (primary N) is 1. The summed E-state index contributed by atoms with van der Waals surface area (Å²) in [6.45, 7) is 6.22. The molecule has 0 saturated carbocycles. The lowest BCUT2D eigenvalue weighted by Gasteiger charge is -2.37. The van der Waals surface area contributed by atoms with Crippen molar-refractivity contribution in [1.29, 1.82) is 0 Å². The highest BCUT2D eigenvalue weighted by Crippen LogP contribution is 2.18. The maximum atomic E-state index is 6.59. The molecule has 1 unspecified atom stereocenters. The van der Waals surface area contributed by atoms with Gasteiger partial charge in [0.25, 0.3) is 0 Å². The normalized spacial score (nSPS) is 22.3. The summed E-state index contributed by atoms with van der Waals surface area (Å²) in [5, 5.41) is 6.75. The highest BCUT2D eigenvalue weighted by atomic mass is 15.3. The van der Waals surface area contributed by atoms with E-state index in [1.54, 1.807) is 0 Å². The minimum absolute atomic E-state index is 0.0715. The minimum Gasteiger partial charge on any atom is -0.354 e. The molecule has 4 nitrogen and oxygen atoms in total. The summed E-state index contributed by atoms with van der Waals surface area (Å²) in [5.74, 6) is 0.128. The van der Waals surface area contributed by atoms with Crippen molar-refractivity contribution < 1.29 is 0 Å². The van der Waals surface area contributed by atoms with E-state index in [9.17, 15) is 0 Å². The molecular formula is C22H28N4. The van der Waals surface area contributed by atoms with Crippen molar-refractivity contribution in [3.8, 4) is 0 Å². The fourth-order valence-electron chi connectivity index (χ4n) is 3.19. The fraction of sp³-hybridized carbons (Fsp3) is 0.318. The van der Waals surface area contributed by atoms with Crippen LogP contribution in [0.1, 0.15) is 43.0 Å². The van der Waals surface area contributed by atoms with Crippen LogP contribution in [0.4, 0.5) is 0 Å². The summed E-state index contributed by atoms with van der Waals surface area (Å²) in [4.78, 5) is 4.83. The molecule has 0 saturated heterocycles.